The zero-order chi connectivity index (χ0) is 11.4. The van der Waals surface area contributed by atoms with Crippen molar-refractivity contribution in [1.82, 2.24) is 0 Å². The topological polar surface area (TPSA) is 0 Å². The summed E-state index contributed by atoms with van der Waals surface area (Å²) in [5, 5.41) is 0. The second kappa shape index (κ2) is 5.46. The van der Waals surface area contributed by atoms with Crippen molar-refractivity contribution >= 4 is 44.0 Å². The van der Waals surface area contributed by atoms with E-state index < -0.39 is 0 Å². The van der Waals surface area contributed by atoms with Crippen LogP contribution in [0.25, 0.3) is 12.2 Å². The van der Waals surface area contributed by atoms with Crippen molar-refractivity contribution in [3.8, 4) is 0 Å². The molecule has 0 spiro atoms. The molecule has 0 unspecified atom stereocenters. The minimum atomic E-state index is 1.10. The minimum absolute atomic E-state index is 1.10. The summed E-state index contributed by atoms with van der Waals surface area (Å²) < 4.78 is 2.20. The van der Waals surface area contributed by atoms with Crippen LogP contribution in [0.15, 0.2) is 57.5 Å². The molecular formula is C14H10Br2. The maximum atomic E-state index is 3.46. The molecule has 0 N–H and O–H groups in total. The molecule has 2 aromatic rings. The van der Waals surface area contributed by atoms with Crippen LogP contribution >= 0.6 is 31.9 Å². The van der Waals surface area contributed by atoms with Crippen molar-refractivity contribution < 1.29 is 0 Å². The Hall–Kier alpha value is -0.860. The zero-order valence-corrected chi connectivity index (χ0v) is 11.7. The Balaban J connectivity index is 2.21. The molecule has 0 radical (unpaired) electrons. The van der Waals surface area contributed by atoms with Gasteiger partial charge in [-0.05, 0) is 35.4 Å². The minimum Gasteiger partial charge on any atom is -0.0606 e. The van der Waals surface area contributed by atoms with Gasteiger partial charge in [-0.2, -0.15) is 0 Å². The fourth-order valence-corrected chi connectivity index (χ4v) is 2.25. The summed E-state index contributed by atoms with van der Waals surface area (Å²) in [7, 11) is 0. The summed E-state index contributed by atoms with van der Waals surface area (Å²) in [6.45, 7) is 0. The van der Waals surface area contributed by atoms with E-state index in [4.69, 9.17) is 0 Å². The summed E-state index contributed by atoms with van der Waals surface area (Å²) in [4.78, 5) is 0. The molecule has 0 aliphatic carbocycles. The van der Waals surface area contributed by atoms with Crippen LogP contribution in [0.5, 0.6) is 0 Å². The molecule has 0 saturated heterocycles. The van der Waals surface area contributed by atoms with E-state index in [0.717, 1.165) is 8.95 Å². The van der Waals surface area contributed by atoms with E-state index in [-0.39, 0.29) is 0 Å². The highest BCUT2D eigenvalue weighted by atomic mass is 79.9. The van der Waals surface area contributed by atoms with Crippen molar-refractivity contribution in [1.29, 1.82) is 0 Å². The lowest BCUT2D eigenvalue weighted by atomic mass is 10.1. The molecule has 0 nitrogen and oxygen atoms in total. The maximum absolute atomic E-state index is 3.46. The van der Waals surface area contributed by atoms with Crippen LogP contribution in [-0.4, -0.2) is 0 Å². The van der Waals surface area contributed by atoms with Crippen LogP contribution < -0.4 is 0 Å². The monoisotopic (exact) mass is 336 g/mol. The van der Waals surface area contributed by atoms with Crippen LogP contribution in [0.4, 0.5) is 0 Å². The Labute approximate surface area is 112 Å². The van der Waals surface area contributed by atoms with E-state index in [1.165, 1.54) is 11.1 Å². The van der Waals surface area contributed by atoms with Gasteiger partial charge in [0.2, 0.25) is 0 Å². The number of hydrogen-bond donors (Lipinski definition) is 0. The van der Waals surface area contributed by atoms with Crippen molar-refractivity contribution in [3.05, 3.63) is 68.6 Å². The zero-order valence-electron chi connectivity index (χ0n) is 8.53. The molecule has 0 amide bonds. The lowest BCUT2D eigenvalue weighted by Gasteiger charge is -1.96. The summed E-state index contributed by atoms with van der Waals surface area (Å²) >= 11 is 6.92. The molecule has 0 atom stereocenters. The largest absolute Gasteiger partial charge is 0.0606 e. The van der Waals surface area contributed by atoms with E-state index in [2.05, 4.69) is 68.3 Å². The fourth-order valence-electron chi connectivity index (χ4n) is 1.41. The van der Waals surface area contributed by atoms with Gasteiger partial charge in [0.15, 0.2) is 0 Å². The first-order valence-corrected chi connectivity index (χ1v) is 6.52. The van der Waals surface area contributed by atoms with Gasteiger partial charge in [0, 0.05) is 8.95 Å². The van der Waals surface area contributed by atoms with Gasteiger partial charge in [0.25, 0.3) is 0 Å². The Morgan fingerprint density at radius 2 is 1.12 bits per heavy atom. The van der Waals surface area contributed by atoms with Gasteiger partial charge in [-0.25, -0.2) is 0 Å². The van der Waals surface area contributed by atoms with Gasteiger partial charge in [-0.3, -0.25) is 0 Å². The molecule has 0 aliphatic heterocycles. The summed E-state index contributed by atoms with van der Waals surface area (Å²) in [5.41, 5.74) is 2.38. The van der Waals surface area contributed by atoms with E-state index in [1.807, 2.05) is 24.3 Å². The van der Waals surface area contributed by atoms with E-state index in [1.54, 1.807) is 0 Å². The van der Waals surface area contributed by atoms with Crippen LogP contribution in [0.2, 0.25) is 0 Å². The van der Waals surface area contributed by atoms with Crippen molar-refractivity contribution in [2.45, 2.75) is 0 Å². The van der Waals surface area contributed by atoms with Crippen molar-refractivity contribution in [2.24, 2.45) is 0 Å². The van der Waals surface area contributed by atoms with Crippen LogP contribution in [0, 0.1) is 0 Å². The third kappa shape index (κ3) is 3.32. The standard InChI is InChI=1S/C14H10Br2/c15-13-5-1-3-11(9-13)7-8-12-4-2-6-14(16)10-12/h1-10H/b8-7-. The summed E-state index contributed by atoms with van der Waals surface area (Å²) in [6.07, 6.45) is 4.21. The fraction of sp³-hybridized carbons (Fsp3) is 0. The quantitative estimate of drug-likeness (QED) is 0.645. The Bertz CT molecular complexity index is 468. The second-order valence-electron chi connectivity index (χ2n) is 3.44. The molecule has 2 rings (SSSR count). The van der Waals surface area contributed by atoms with Crippen molar-refractivity contribution in [2.75, 3.05) is 0 Å². The average molecular weight is 338 g/mol. The molecule has 0 saturated carbocycles. The average Bonchev–Trinajstić information content (AvgIpc) is 2.27. The third-order valence-corrected chi connectivity index (χ3v) is 3.15. The SMILES string of the molecule is Brc1cccc(/C=C\c2cccc(Br)c2)c1. The molecule has 80 valence electrons. The normalized spacial score (nSPS) is 10.9. The summed E-state index contributed by atoms with van der Waals surface area (Å²) in [6, 6.07) is 16.5. The van der Waals surface area contributed by atoms with Gasteiger partial charge in [0.05, 0.1) is 0 Å². The Morgan fingerprint density at radius 3 is 1.50 bits per heavy atom. The number of benzene rings is 2. The van der Waals surface area contributed by atoms with E-state index >= 15 is 0 Å². The van der Waals surface area contributed by atoms with Crippen LogP contribution in [0.1, 0.15) is 11.1 Å². The van der Waals surface area contributed by atoms with E-state index in [9.17, 15) is 0 Å². The highest BCUT2D eigenvalue weighted by molar-refractivity contribution is 9.10. The van der Waals surface area contributed by atoms with Gasteiger partial charge in [-0.15, -0.1) is 0 Å². The third-order valence-electron chi connectivity index (χ3n) is 2.17. The molecule has 2 heteroatoms. The maximum Gasteiger partial charge on any atom is 0.0181 e. The van der Waals surface area contributed by atoms with Crippen LogP contribution in [0.3, 0.4) is 0 Å². The molecule has 16 heavy (non-hydrogen) atoms. The molecule has 0 aromatic heterocycles. The number of rotatable bonds is 2. The van der Waals surface area contributed by atoms with E-state index in [0.29, 0.717) is 0 Å². The molecule has 0 aliphatic rings. The highest BCUT2D eigenvalue weighted by Crippen LogP contribution is 2.16. The summed E-state index contributed by atoms with van der Waals surface area (Å²) in [5.74, 6) is 0. The van der Waals surface area contributed by atoms with Crippen molar-refractivity contribution in [3.63, 3.8) is 0 Å². The number of hydrogen-bond acceptors (Lipinski definition) is 0. The molecule has 0 heterocycles. The smallest absolute Gasteiger partial charge is 0.0181 e. The predicted molar refractivity (Wildman–Crippen MR) is 77.2 cm³/mol. The Kier molecular flexibility index (Phi) is 3.97. The van der Waals surface area contributed by atoms with Gasteiger partial charge in [-0.1, -0.05) is 68.3 Å². The Morgan fingerprint density at radius 1 is 0.688 bits per heavy atom. The number of halogens is 2. The molecule has 0 fully saturated rings. The lowest BCUT2D eigenvalue weighted by molar-refractivity contribution is 1.60. The highest BCUT2D eigenvalue weighted by Gasteiger charge is 1.90. The van der Waals surface area contributed by atoms with Gasteiger partial charge >= 0.3 is 0 Å². The second-order valence-corrected chi connectivity index (χ2v) is 5.27. The predicted octanol–water partition coefficient (Wildman–Crippen LogP) is 5.38. The molecule has 0 bridgehead atoms. The van der Waals surface area contributed by atoms with Crippen LogP contribution in [-0.2, 0) is 0 Å². The molecule has 2 aromatic carbocycles. The first-order chi connectivity index (χ1) is 7.74. The van der Waals surface area contributed by atoms with Gasteiger partial charge in [0.1, 0.15) is 0 Å². The first kappa shape index (κ1) is 11.6. The van der Waals surface area contributed by atoms with Gasteiger partial charge < -0.3 is 0 Å². The lowest BCUT2D eigenvalue weighted by Crippen LogP contribution is -1.73. The first-order valence-electron chi connectivity index (χ1n) is 4.93. The molecular weight excluding hydrogens is 328 g/mol.